The quantitative estimate of drug-likeness (QED) is 0.625. The summed E-state index contributed by atoms with van der Waals surface area (Å²) in [5.74, 6) is -1.50. The minimum absolute atomic E-state index is 0.0281. The number of imidazole rings is 1. The number of halogens is 3. The van der Waals surface area contributed by atoms with Crippen LogP contribution >= 0.6 is 23.2 Å². The third kappa shape index (κ3) is 3.96. The topological polar surface area (TPSA) is 68.0 Å². The van der Waals surface area contributed by atoms with E-state index in [2.05, 4.69) is 9.97 Å². The lowest BCUT2D eigenvalue weighted by atomic mass is 10.1. The minimum Gasteiger partial charge on any atom is -0.477 e. The van der Waals surface area contributed by atoms with E-state index in [0.29, 0.717) is 32.7 Å². The molecular formula is C19H16Cl2FN3O2. The fraction of sp³-hybridized carbons (Fsp3) is 0.211. The van der Waals surface area contributed by atoms with Crippen LogP contribution in [0.1, 0.15) is 41.5 Å². The molecule has 2 heterocycles. The van der Waals surface area contributed by atoms with Crippen molar-refractivity contribution >= 4 is 29.2 Å². The highest BCUT2D eigenvalue weighted by Gasteiger charge is 2.26. The van der Waals surface area contributed by atoms with Gasteiger partial charge in [0.1, 0.15) is 11.6 Å². The van der Waals surface area contributed by atoms with E-state index < -0.39 is 11.8 Å². The first-order valence-electron chi connectivity index (χ1n) is 8.16. The molecular weight excluding hydrogens is 392 g/mol. The monoisotopic (exact) mass is 407 g/mol. The van der Waals surface area contributed by atoms with Gasteiger partial charge in [-0.2, -0.15) is 0 Å². The number of carboxylic acids is 1. The van der Waals surface area contributed by atoms with Crippen molar-refractivity contribution in [3.63, 3.8) is 0 Å². The van der Waals surface area contributed by atoms with Gasteiger partial charge in [-0.3, -0.25) is 4.98 Å². The molecule has 0 aliphatic heterocycles. The van der Waals surface area contributed by atoms with Gasteiger partial charge < -0.3 is 9.67 Å². The number of rotatable bonds is 5. The maximum Gasteiger partial charge on any atom is 0.354 e. The van der Waals surface area contributed by atoms with Gasteiger partial charge in [0.2, 0.25) is 0 Å². The predicted octanol–water partition coefficient (Wildman–Crippen LogP) is 5.26. The van der Waals surface area contributed by atoms with Crippen molar-refractivity contribution in [1.82, 2.24) is 14.5 Å². The lowest BCUT2D eigenvalue weighted by Gasteiger charge is -2.12. The first kappa shape index (κ1) is 19.3. The molecule has 2 aromatic heterocycles. The summed E-state index contributed by atoms with van der Waals surface area (Å²) in [6, 6.07) is 6.22. The zero-order valence-electron chi connectivity index (χ0n) is 14.6. The number of benzene rings is 1. The molecule has 0 spiro atoms. The second kappa shape index (κ2) is 7.66. The summed E-state index contributed by atoms with van der Waals surface area (Å²) in [5.41, 5.74) is 1.44. The van der Waals surface area contributed by atoms with E-state index in [4.69, 9.17) is 23.2 Å². The van der Waals surface area contributed by atoms with Crippen molar-refractivity contribution in [2.75, 3.05) is 0 Å². The summed E-state index contributed by atoms with van der Waals surface area (Å²) >= 11 is 12.3. The summed E-state index contributed by atoms with van der Waals surface area (Å²) in [6.45, 7) is 3.81. The normalized spacial score (nSPS) is 11.2. The van der Waals surface area contributed by atoms with Crippen molar-refractivity contribution < 1.29 is 14.3 Å². The van der Waals surface area contributed by atoms with E-state index in [-0.39, 0.29) is 18.2 Å². The van der Waals surface area contributed by atoms with Gasteiger partial charge in [-0.25, -0.2) is 14.2 Å². The molecule has 0 amide bonds. The molecule has 0 fully saturated rings. The molecule has 0 aliphatic rings. The van der Waals surface area contributed by atoms with Crippen molar-refractivity contribution in [2.45, 2.75) is 26.3 Å². The van der Waals surface area contributed by atoms with Gasteiger partial charge in [0.25, 0.3) is 0 Å². The Labute approximate surface area is 165 Å². The van der Waals surface area contributed by atoms with Crippen LogP contribution in [0.4, 0.5) is 4.39 Å². The van der Waals surface area contributed by atoms with E-state index in [1.165, 1.54) is 16.8 Å². The Hall–Kier alpha value is -2.44. The van der Waals surface area contributed by atoms with E-state index >= 15 is 0 Å². The van der Waals surface area contributed by atoms with E-state index in [0.717, 1.165) is 6.20 Å². The first-order chi connectivity index (χ1) is 12.8. The summed E-state index contributed by atoms with van der Waals surface area (Å²) in [7, 11) is 0. The SMILES string of the molecule is CC(C)c1nc(-c2cncc(F)c2)n(Cc2cc(Cl)ccc2Cl)c1C(=O)O. The number of nitrogens with zero attached hydrogens (tertiary/aromatic N) is 3. The molecule has 8 heteroatoms. The van der Waals surface area contributed by atoms with Crippen LogP contribution in [0.25, 0.3) is 11.4 Å². The molecule has 3 aromatic rings. The lowest BCUT2D eigenvalue weighted by Crippen LogP contribution is -2.13. The van der Waals surface area contributed by atoms with E-state index in [9.17, 15) is 14.3 Å². The van der Waals surface area contributed by atoms with Crippen molar-refractivity contribution in [3.05, 3.63) is 69.5 Å². The molecule has 1 N–H and O–H groups in total. The molecule has 0 saturated heterocycles. The summed E-state index contributed by atoms with van der Waals surface area (Å²) < 4.78 is 15.2. The summed E-state index contributed by atoms with van der Waals surface area (Å²) in [5, 5.41) is 10.7. The summed E-state index contributed by atoms with van der Waals surface area (Å²) in [4.78, 5) is 20.3. The molecule has 3 rings (SSSR count). The van der Waals surface area contributed by atoms with Crippen LogP contribution < -0.4 is 0 Å². The second-order valence-electron chi connectivity index (χ2n) is 6.34. The number of carboxylic acid groups (broad SMARTS) is 1. The van der Waals surface area contributed by atoms with Crippen LogP contribution in [-0.2, 0) is 6.54 Å². The highest BCUT2D eigenvalue weighted by Crippen LogP contribution is 2.30. The largest absolute Gasteiger partial charge is 0.477 e. The minimum atomic E-state index is -1.13. The van der Waals surface area contributed by atoms with Crippen LogP contribution in [0.2, 0.25) is 10.0 Å². The van der Waals surface area contributed by atoms with Gasteiger partial charge >= 0.3 is 5.97 Å². The number of pyridine rings is 1. The van der Waals surface area contributed by atoms with Gasteiger partial charge in [-0.1, -0.05) is 37.0 Å². The Kier molecular flexibility index (Phi) is 5.48. The second-order valence-corrected chi connectivity index (χ2v) is 7.19. The Morgan fingerprint density at radius 2 is 2.00 bits per heavy atom. The zero-order valence-corrected chi connectivity index (χ0v) is 16.1. The lowest BCUT2D eigenvalue weighted by molar-refractivity contribution is 0.0684. The van der Waals surface area contributed by atoms with Crippen LogP contribution in [-0.4, -0.2) is 25.6 Å². The summed E-state index contributed by atoms with van der Waals surface area (Å²) in [6.07, 6.45) is 2.52. The average Bonchev–Trinajstić information content (AvgIpc) is 2.98. The average molecular weight is 408 g/mol. The molecule has 5 nitrogen and oxygen atoms in total. The molecule has 0 saturated carbocycles. The van der Waals surface area contributed by atoms with E-state index in [1.54, 1.807) is 18.2 Å². The Morgan fingerprint density at radius 3 is 2.63 bits per heavy atom. The maximum atomic E-state index is 13.7. The number of hydrogen-bond acceptors (Lipinski definition) is 3. The van der Waals surface area contributed by atoms with Crippen LogP contribution in [0, 0.1) is 5.82 Å². The molecule has 27 heavy (non-hydrogen) atoms. The highest BCUT2D eigenvalue weighted by molar-refractivity contribution is 6.33. The van der Waals surface area contributed by atoms with Crippen molar-refractivity contribution in [2.24, 2.45) is 0 Å². The fourth-order valence-electron chi connectivity index (χ4n) is 2.84. The smallest absolute Gasteiger partial charge is 0.354 e. The van der Waals surface area contributed by atoms with Gasteiger partial charge in [0.05, 0.1) is 18.4 Å². The molecule has 1 aromatic carbocycles. The number of carbonyl (C=O) groups is 1. The standard InChI is InChI=1S/C19H16Cl2FN3O2/c1-10(2)16-17(19(26)27)25(9-12-5-13(20)3-4-15(12)21)18(24-16)11-6-14(22)8-23-7-11/h3-8,10H,9H2,1-2H3,(H,26,27). The number of aromatic carboxylic acids is 1. The first-order valence-corrected chi connectivity index (χ1v) is 8.92. The molecule has 0 unspecified atom stereocenters. The number of hydrogen-bond donors (Lipinski definition) is 1. The predicted molar refractivity (Wildman–Crippen MR) is 102 cm³/mol. The zero-order chi connectivity index (χ0) is 19.7. The van der Waals surface area contributed by atoms with Crippen LogP contribution in [0.5, 0.6) is 0 Å². The number of aromatic nitrogens is 3. The van der Waals surface area contributed by atoms with Gasteiger partial charge in [-0.05, 0) is 35.7 Å². The van der Waals surface area contributed by atoms with Gasteiger partial charge in [0.15, 0.2) is 5.69 Å². The molecule has 0 radical (unpaired) electrons. The molecule has 0 atom stereocenters. The van der Waals surface area contributed by atoms with Crippen molar-refractivity contribution in [1.29, 1.82) is 0 Å². The van der Waals surface area contributed by atoms with Gasteiger partial charge in [0, 0.05) is 21.8 Å². The fourth-order valence-corrected chi connectivity index (χ4v) is 3.21. The Bertz CT molecular complexity index is 1020. The Balaban J connectivity index is 2.25. The molecule has 140 valence electrons. The molecule has 0 bridgehead atoms. The highest BCUT2D eigenvalue weighted by atomic mass is 35.5. The maximum absolute atomic E-state index is 13.7. The van der Waals surface area contributed by atoms with Crippen LogP contribution in [0.15, 0.2) is 36.7 Å². The third-order valence-corrected chi connectivity index (χ3v) is 4.65. The molecule has 0 aliphatic carbocycles. The van der Waals surface area contributed by atoms with Gasteiger partial charge in [-0.15, -0.1) is 0 Å². The van der Waals surface area contributed by atoms with E-state index in [1.807, 2.05) is 13.8 Å². The van der Waals surface area contributed by atoms with Crippen LogP contribution in [0.3, 0.4) is 0 Å². The Morgan fingerprint density at radius 1 is 1.26 bits per heavy atom. The third-order valence-electron chi connectivity index (χ3n) is 4.04. The van der Waals surface area contributed by atoms with Crippen molar-refractivity contribution in [3.8, 4) is 11.4 Å².